The third-order valence-corrected chi connectivity index (χ3v) is 9.90. The first kappa shape index (κ1) is 57.7. The van der Waals surface area contributed by atoms with Crippen LogP contribution in [0.15, 0.2) is 103 Å². The number of likely N-dealkylation sites (tertiary alicyclic amines) is 1. The van der Waals surface area contributed by atoms with E-state index in [1.54, 1.807) is 37.2 Å². The number of aliphatic hydroxyl groups is 1. The Kier molecular flexibility index (Phi) is 25.5. The molecule has 1 spiro atoms. The molecule has 2 aliphatic heterocycles. The number of aliphatic hydroxyl groups excluding tert-OH is 1. The molecule has 304 valence electrons. The van der Waals surface area contributed by atoms with Crippen LogP contribution >= 0.6 is 50.2 Å². The van der Waals surface area contributed by atoms with Crippen molar-refractivity contribution in [3.63, 3.8) is 0 Å². The van der Waals surface area contributed by atoms with E-state index in [0.29, 0.717) is 22.2 Å². The van der Waals surface area contributed by atoms with E-state index in [2.05, 4.69) is 17.1 Å². The van der Waals surface area contributed by atoms with Crippen molar-refractivity contribution in [2.75, 3.05) is 19.4 Å². The number of nitrogens with one attached hydrogen (secondary N) is 1. The molecule has 2 aliphatic rings. The Morgan fingerprint density at radius 1 is 0.796 bits per heavy atom. The van der Waals surface area contributed by atoms with Crippen molar-refractivity contribution in [3.8, 4) is 0 Å². The second kappa shape index (κ2) is 23.8. The number of carbonyl (C=O) groups excluding carboxylic acids is 2. The molecule has 4 aromatic carbocycles. The summed E-state index contributed by atoms with van der Waals surface area (Å²) in [6, 6.07) is 30.3. The van der Waals surface area contributed by atoms with Crippen molar-refractivity contribution in [2.45, 2.75) is 107 Å². The van der Waals surface area contributed by atoms with Crippen molar-refractivity contribution in [1.29, 1.82) is 0 Å². The zero-order chi connectivity index (χ0) is 31.9. The number of fused-ring (bicyclic) bond motifs is 2. The van der Waals surface area contributed by atoms with Crippen molar-refractivity contribution < 1.29 is 14.7 Å². The van der Waals surface area contributed by atoms with E-state index in [0.717, 1.165) is 28.7 Å². The molecule has 2 heterocycles. The Bertz CT molecular complexity index is 1710. The van der Waals surface area contributed by atoms with Gasteiger partial charge in [-0.25, -0.2) is 0 Å². The number of halogens is 2. The van der Waals surface area contributed by atoms with Crippen LogP contribution in [0, 0.1) is 0 Å². The Morgan fingerprint density at radius 2 is 1.33 bits per heavy atom. The number of amides is 2. The van der Waals surface area contributed by atoms with Crippen LogP contribution in [0.3, 0.4) is 0 Å². The Morgan fingerprint density at radius 3 is 1.85 bits per heavy atom. The first-order chi connectivity index (χ1) is 21.7. The summed E-state index contributed by atoms with van der Waals surface area (Å²) in [6.45, 7) is 2.09. The lowest BCUT2D eigenvalue weighted by molar-refractivity contribution is -0.136. The molecule has 10 heteroatoms. The molecule has 2 amide bonds. The molecule has 1 saturated heterocycles. The summed E-state index contributed by atoms with van der Waals surface area (Å²) < 4.78 is 0. The second-order valence-electron chi connectivity index (χ2n) is 12.2. The Hall–Kier alpha value is -2.98. The van der Waals surface area contributed by atoms with E-state index in [1.165, 1.54) is 0 Å². The van der Waals surface area contributed by atoms with Gasteiger partial charge < -0.3 is 15.3 Å². The molecule has 6 atom stereocenters. The summed E-state index contributed by atoms with van der Waals surface area (Å²) >= 11 is 13.1. The number of hydrogen-bond donors (Lipinski definition) is 2. The van der Waals surface area contributed by atoms with Crippen molar-refractivity contribution in [2.24, 2.45) is 0 Å². The van der Waals surface area contributed by atoms with Gasteiger partial charge in [-0.15, -0.1) is 0 Å². The predicted octanol–water partition coefficient (Wildman–Crippen LogP) is 12.1. The average molecular weight is 823 g/mol. The lowest BCUT2D eigenvalue weighted by atomic mass is 9.64. The molecule has 0 aliphatic carbocycles. The molecule has 6 nitrogen and oxygen atoms in total. The molecule has 6 rings (SSSR count). The normalized spacial score (nSPS) is 19.9. The number of carbonyl (C=O) groups is 2. The molecule has 0 unspecified atom stereocenters. The summed E-state index contributed by atoms with van der Waals surface area (Å²) in [5.41, 5.74) is 2.59. The van der Waals surface area contributed by atoms with E-state index in [9.17, 15) is 14.7 Å². The van der Waals surface area contributed by atoms with Crippen LogP contribution in [0.2, 0.25) is 10.0 Å². The molecule has 54 heavy (non-hydrogen) atoms. The number of likely N-dealkylation sites (N-methyl/N-ethyl adjacent to an activating group) is 1. The van der Waals surface area contributed by atoms with Crippen molar-refractivity contribution in [3.05, 3.63) is 135 Å². The smallest absolute Gasteiger partial charge is 0.240 e. The van der Waals surface area contributed by atoms with Crippen LogP contribution in [0.25, 0.3) is 0 Å². The monoisotopic (exact) mass is 821 g/mol. The van der Waals surface area contributed by atoms with Gasteiger partial charge in [0.25, 0.3) is 0 Å². The van der Waals surface area contributed by atoms with Crippen LogP contribution in [0.4, 0.5) is 5.69 Å². The van der Waals surface area contributed by atoms with Crippen LogP contribution in [-0.4, -0.2) is 52.9 Å². The second-order valence-corrected chi connectivity index (χ2v) is 13.1. The third-order valence-electron chi connectivity index (χ3n) is 9.43. The molecular formula is C44H69Cl2N3O3S2. The lowest BCUT2D eigenvalue weighted by Gasteiger charge is -2.42. The van der Waals surface area contributed by atoms with E-state index >= 15 is 0 Å². The minimum Gasteiger partial charge on any atom is -0.386 e. The molecule has 0 bridgehead atoms. The van der Waals surface area contributed by atoms with Crippen LogP contribution in [-0.2, 0) is 15.0 Å². The lowest BCUT2D eigenvalue weighted by Crippen LogP contribution is -2.51. The first-order valence-corrected chi connectivity index (χ1v) is 16.1. The van der Waals surface area contributed by atoms with Gasteiger partial charge in [-0.3, -0.25) is 14.5 Å². The quantitative estimate of drug-likeness (QED) is 0.186. The highest BCUT2D eigenvalue weighted by Crippen LogP contribution is 2.62. The van der Waals surface area contributed by atoms with Crippen LogP contribution in [0.1, 0.15) is 112 Å². The predicted molar refractivity (Wildman–Crippen MR) is 247 cm³/mol. The molecule has 1 fully saturated rings. The van der Waals surface area contributed by atoms with Crippen LogP contribution in [0.5, 0.6) is 0 Å². The fraction of sp³-hybridized carbons (Fsp3) is 0.409. The first-order valence-electron chi connectivity index (χ1n) is 15.3. The van der Waals surface area contributed by atoms with Gasteiger partial charge in [-0.2, -0.15) is 27.0 Å². The highest BCUT2D eigenvalue weighted by Gasteiger charge is 2.69. The number of nitrogens with zero attached hydrogens (tertiary/aromatic N) is 2. The van der Waals surface area contributed by atoms with Gasteiger partial charge in [0, 0.05) is 41.8 Å². The maximum absolute atomic E-state index is 14.8. The van der Waals surface area contributed by atoms with E-state index in [-0.39, 0.29) is 90.8 Å². The van der Waals surface area contributed by atoms with E-state index < -0.39 is 35.6 Å². The van der Waals surface area contributed by atoms with Crippen LogP contribution < -0.4 is 5.32 Å². The van der Waals surface area contributed by atoms with Gasteiger partial charge in [-0.1, -0.05) is 167 Å². The fourth-order valence-corrected chi connectivity index (χ4v) is 8.09. The molecule has 0 saturated carbocycles. The summed E-state index contributed by atoms with van der Waals surface area (Å²) in [5.74, 6) is -0.989. The fourth-order valence-electron chi connectivity index (χ4n) is 7.72. The summed E-state index contributed by atoms with van der Waals surface area (Å²) in [5, 5.41) is 16.5. The topological polar surface area (TPSA) is 72.9 Å². The van der Waals surface area contributed by atoms with Gasteiger partial charge >= 0.3 is 0 Å². The zero-order valence-electron chi connectivity index (χ0n) is 26.5. The summed E-state index contributed by atoms with van der Waals surface area (Å²) in [4.78, 5) is 33.2. The van der Waals surface area contributed by atoms with Gasteiger partial charge in [0.1, 0.15) is 5.41 Å². The maximum atomic E-state index is 14.8. The number of hydrogen-bond acceptors (Lipinski definition) is 4. The van der Waals surface area contributed by atoms with E-state index in [4.69, 9.17) is 23.2 Å². The molecular weight excluding hydrogens is 754 g/mol. The molecule has 4 aromatic rings. The number of rotatable bonds is 8. The standard InChI is InChI=1S/C37H37Cl2N3O3.7CH4.2H2S/c1-4-12-30-37(28-20-19-27(39)22-29(28)40-36(37)45)31(25-17-11-18-26(38)21-25)33(35(44)41(2)3)42(30)32(23-13-7-5-8-14-23)34(43)24-15-9-6-10-16-24;;;;;;;;;/h5-11,13-22,30-34,43H,4,12H2,1-3H3,(H,40,45);7*1H4;2*1H2/t30-,31+,32-,33-,34+,37+;;;;;;;;;/m1........./s1. The maximum Gasteiger partial charge on any atom is 0.240 e. The van der Waals surface area contributed by atoms with Gasteiger partial charge in [0.2, 0.25) is 11.8 Å². The number of benzene rings is 4. The summed E-state index contributed by atoms with van der Waals surface area (Å²) in [6.07, 6.45) is 0.330. The minimum absolute atomic E-state index is 0. The van der Waals surface area contributed by atoms with Gasteiger partial charge in [-0.05, 0) is 52.9 Å². The Labute approximate surface area is 352 Å². The van der Waals surface area contributed by atoms with Gasteiger partial charge in [0.05, 0.1) is 18.2 Å². The van der Waals surface area contributed by atoms with E-state index in [1.807, 2.05) is 84.9 Å². The zero-order valence-corrected chi connectivity index (χ0v) is 30.0. The molecule has 0 aromatic heterocycles. The average Bonchev–Trinajstić information content (AvgIpc) is 3.49. The highest BCUT2D eigenvalue weighted by molar-refractivity contribution is 7.59. The van der Waals surface area contributed by atoms with Gasteiger partial charge in [0.15, 0.2) is 0 Å². The largest absolute Gasteiger partial charge is 0.386 e. The van der Waals surface area contributed by atoms with Crippen molar-refractivity contribution >= 4 is 67.7 Å². The highest BCUT2D eigenvalue weighted by atomic mass is 35.5. The minimum atomic E-state index is -1.19. The third kappa shape index (κ3) is 9.87. The Balaban J connectivity index is -0.00000139. The number of anilines is 1. The SMILES string of the molecule is C.C.C.C.C.C.C.CCC[C@H]1N([C@H](c2ccccc2)[C@@H](O)c2ccccc2)[C@@H](C(=O)N(C)C)[C@H](c2cccc(Cl)c2)[C@@]12C(=O)Nc1cc(Cl)ccc12.S.S. The molecule has 0 radical (unpaired) electrons. The van der Waals surface area contributed by atoms with Crippen molar-refractivity contribution in [1.82, 2.24) is 9.80 Å². The summed E-state index contributed by atoms with van der Waals surface area (Å²) in [7, 11) is 3.48. The molecule has 2 N–H and O–H groups in total.